The molecule has 1 heterocycles. The summed E-state index contributed by atoms with van der Waals surface area (Å²) in [6.45, 7) is 2.10. The maximum Gasteiger partial charge on any atom is 0.0211 e. The average Bonchev–Trinajstić information content (AvgIpc) is 2.80. The van der Waals surface area contributed by atoms with Crippen LogP contribution in [-0.4, -0.2) is 0 Å². The highest BCUT2D eigenvalue weighted by molar-refractivity contribution is 5.29. The zero-order valence-electron chi connectivity index (χ0n) is 8.69. The molecule has 0 bridgehead atoms. The van der Waals surface area contributed by atoms with Crippen molar-refractivity contribution >= 4 is 0 Å². The molecule has 0 radical (unpaired) electrons. The summed E-state index contributed by atoms with van der Waals surface area (Å²) < 4.78 is 0. The minimum Gasteiger partial charge on any atom is -0.309 e. The molecule has 1 aliphatic heterocycles. The van der Waals surface area contributed by atoms with Crippen LogP contribution in [0, 0.1) is 0 Å². The fourth-order valence-electron chi connectivity index (χ4n) is 1.62. The van der Waals surface area contributed by atoms with E-state index in [1.54, 1.807) is 0 Å². The van der Waals surface area contributed by atoms with E-state index in [-0.39, 0.29) is 0 Å². The first-order valence-electron chi connectivity index (χ1n) is 5.24. The van der Waals surface area contributed by atoms with Crippen molar-refractivity contribution in [2.45, 2.75) is 13.1 Å². The predicted molar refractivity (Wildman–Crippen MR) is 63.4 cm³/mol. The second kappa shape index (κ2) is 5.32. The number of nitrogens with one attached hydrogen (secondary N) is 1. The third-order valence-electron chi connectivity index (χ3n) is 2.42. The fraction of sp³-hybridized carbons (Fsp3) is 0.143. The lowest BCUT2D eigenvalue weighted by atomic mass is 10.1. The molecule has 0 aliphatic carbocycles. The maximum atomic E-state index is 3.29. The summed E-state index contributed by atoms with van der Waals surface area (Å²) in [4.78, 5) is 0. The Balaban J connectivity index is 0.000000124. The van der Waals surface area contributed by atoms with E-state index in [0.29, 0.717) is 0 Å². The first-order valence-corrected chi connectivity index (χ1v) is 5.24. The fourth-order valence-corrected chi connectivity index (χ4v) is 1.62. The average molecular weight is 197 g/mol. The van der Waals surface area contributed by atoms with Crippen molar-refractivity contribution in [3.05, 3.63) is 71.8 Å². The predicted octanol–water partition coefficient (Wildman–Crippen LogP) is 2.98. The third-order valence-corrected chi connectivity index (χ3v) is 2.42. The van der Waals surface area contributed by atoms with Crippen molar-refractivity contribution in [3.63, 3.8) is 0 Å². The van der Waals surface area contributed by atoms with Crippen molar-refractivity contribution in [1.82, 2.24) is 5.32 Å². The topological polar surface area (TPSA) is 12.0 Å². The van der Waals surface area contributed by atoms with Gasteiger partial charge in [-0.2, -0.15) is 0 Å². The van der Waals surface area contributed by atoms with Crippen molar-refractivity contribution in [1.29, 1.82) is 0 Å². The first kappa shape index (κ1) is 9.94. The van der Waals surface area contributed by atoms with Crippen molar-refractivity contribution in [2.75, 3.05) is 0 Å². The Kier molecular flexibility index (Phi) is 3.53. The number of hydrogen-bond acceptors (Lipinski definition) is 1. The van der Waals surface area contributed by atoms with Gasteiger partial charge in [0.2, 0.25) is 0 Å². The molecule has 0 unspecified atom stereocenters. The van der Waals surface area contributed by atoms with Crippen LogP contribution in [0.5, 0.6) is 0 Å². The molecular weight excluding hydrogens is 182 g/mol. The van der Waals surface area contributed by atoms with Crippen molar-refractivity contribution in [2.24, 2.45) is 0 Å². The summed E-state index contributed by atoms with van der Waals surface area (Å²) in [6, 6.07) is 20.5. The van der Waals surface area contributed by atoms with Gasteiger partial charge in [0.1, 0.15) is 0 Å². The van der Waals surface area contributed by atoms with Crippen LogP contribution >= 0.6 is 0 Å². The second-order valence-corrected chi connectivity index (χ2v) is 3.53. The van der Waals surface area contributed by atoms with E-state index in [1.807, 2.05) is 36.4 Å². The monoisotopic (exact) mass is 197 g/mol. The summed E-state index contributed by atoms with van der Waals surface area (Å²) in [5.41, 5.74) is 2.91. The second-order valence-electron chi connectivity index (χ2n) is 3.53. The Hall–Kier alpha value is -1.60. The molecule has 0 saturated carbocycles. The molecule has 0 amide bonds. The summed E-state index contributed by atoms with van der Waals surface area (Å²) in [7, 11) is 0. The SMILES string of the molecule is c1ccc2c(c1)CNC2.c1ccccc1. The Morgan fingerprint density at radius 3 is 1.40 bits per heavy atom. The highest BCUT2D eigenvalue weighted by Gasteiger charge is 2.06. The van der Waals surface area contributed by atoms with Gasteiger partial charge in [0.25, 0.3) is 0 Å². The molecule has 2 aromatic rings. The minimum absolute atomic E-state index is 1.05. The van der Waals surface area contributed by atoms with E-state index in [9.17, 15) is 0 Å². The van der Waals surface area contributed by atoms with Crippen LogP contribution in [0.2, 0.25) is 0 Å². The van der Waals surface area contributed by atoms with E-state index in [1.165, 1.54) is 11.1 Å². The molecule has 76 valence electrons. The molecule has 2 aromatic carbocycles. The molecule has 1 heteroatoms. The van der Waals surface area contributed by atoms with Gasteiger partial charge in [-0.05, 0) is 11.1 Å². The van der Waals surface area contributed by atoms with E-state index < -0.39 is 0 Å². The number of fused-ring (bicyclic) bond motifs is 1. The van der Waals surface area contributed by atoms with Gasteiger partial charge in [-0.25, -0.2) is 0 Å². The van der Waals surface area contributed by atoms with Crippen LogP contribution in [-0.2, 0) is 13.1 Å². The Morgan fingerprint density at radius 1 is 0.600 bits per heavy atom. The third kappa shape index (κ3) is 2.93. The lowest BCUT2D eigenvalue weighted by Gasteiger charge is -1.91. The van der Waals surface area contributed by atoms with Gasteiger partial charge in [0.05, 0.1) is 0 Å². The molecular formula is C14H15N. The molecule has 15 heavy (non-hydrogen) atoms. The van der Waals surface area contributed by atoms with Crippen LogP contribution in [0.25, 0.3) is 0 Å². The van der Waals surface area contributed by atoms with Crippen molar-refractivity contribution < 1.29 is 0 Å². The van der Waals surface area contributed by atoms with Crippen LogP contribution in [0.1, 0.15) is 11.1 Å². The molecule has 0 saturated heterocycles. The highest BCUT2D eigenvalue weighted by atomic mass is 14.9. The summed E-state index contributed by atoms with van der Waals surface area (Å²) in [5, 5.41) is 3.29. The lowest BCUT2D eigenvalue weighted by Crippen LogP contribution is -1.99. The largest absolute Gasteiger partial charge is 0.309 e. The number of rotatable bonds is 0. The van der Waals surface area contributed by atoms with Crippen molar-refractivity contribution in [3.8, 4) is 0 Å². The summed E-state index contributed by atoms with van der Waals surface area (Å²) in [5.74, 6) is 0. The van der Waals surface area contributed by atoms with Gasteiger partial charge >= 0.3 is 0 Å². The molecule has 0 atom stereocenters. The van der Waals surface area contributed by atoms with Gasteiger partial charge in [0, 0.05) is 13.1 Å². The van der Waals surface area contributed by atoms with Gasteiger partial charge in [-0.3, -0.25) is 0 Å². The summed E-state index contributed by atoms with van der Waals surface area (Å²) in [6.07, 6.45) is 0. The number of hydrogen-bond donors (Lipinski definition) is 1. The lowest BCUT2D eigenvalue weighted by molar-refractivity contribution is 0.765. The van der Waals surface area contributed by atoms with Crippen LogP contribution in [0.4, 0.5) is 0 Å². The van der Waals surface area contributed by atoms with Gasteiger partial charge in [-0.15, -0.1) is 0 Å². The maximum absolute atomic E-state index is 3.29. The van der Waals surface area contributed by atoms with E-state index in [4.69, 9.17) is 0 Å². The molecule has 0 fully saturated rings. The quantitative estimate of drug-likeness (QED) is 0.684. The van der Waals surface area contributed by atoms with Gasteiger partial charge in [0.15, 0.2) is 0 Å². The minimum atomic E-state index is 1.05. The van der Waals surface area contributed by atoms with E-state index >= 15 is 0 Å². The number of benzene rings is 2. The molecule has 0 spiro atoms. The van der Waals surface area contributed by atoms with Crippen LogP contribution in [0.3, 0.4) is 0 Å². The zero-order valence-corrected chi connectivity index (χ0v) is 8.69. The molecule has 1 N–H and O–H groups in total. The van der Waals surface area contributed by atoms with E-state index in [0.717, 1.165) is 13.1 Å². The Labute approximate surface area is 90.8 Å². The zero-order chi connectivity index (χ0) is 10.3. The molecule has 1 nitrogen and oxygen atoms in total. The molecule has 3 rings (SSSR count). The van der Waals surface area contributed by atoms with Gasteiger partial charge in [-0.1, -0.05) is 60.7 Å². The molecule has 1 aliphatic rings. The molecule has 0 aromatic heterocycles. The standard InChI is InChI=1S/C8H9N.C6H6/c1-2-4-8-6-9-5-7(8)3-1;1-2-4-6-5-3-1/h1-4,9H,5-6H2;1-6H. The highest BCUT2D eigenvalue weighted by Crippen LogP contribution is 2.12. The smallest absolute Gasteiger partial charge is 0.0211 e. The van der Waals surface area contributed by atoms with Crippen LogP contribution in [0.15, 0.2) is 60.7 Å². The Morgan fingerprint density at radius 2 is 1.00 bits per heavy atom. The van der Waals surface area contributed by atoms with E-state index in [2.05, 4.69) is 29.6 Å². The van der Waals surface area contributed by atoms with Crippen LogP contribution < -0.4 is 5.32 Å². The summed E-state index contributed by atoms with van der Waals surface area (Å²) >= 11 is 0. The Bertz CT molecular complexity index is 345. The normalized spacial score (nSPS) is 12.5. The van der Waals surface area contributed by atoms with Gasteiger partial charge < -0.3 is 5.32 Å². The first-order chi connectivity index (χ1) is 7.47.